The number of carbonyl (C=O) groups is 1. The zero-order chi connectivity index (χ0) is 19.8. The molecule has 27 heavy (non-hydrogen) atoms. The highest BCUT2D eigenvalue weighted by Crippen LogP contribution is 2.28. The van der Waals surface area contributed by atoms with Crippen LogP contribution in [-0.4, -0.2) is 31.9 Å². The highest BCUT2D eigenvalue weighted by molar-refractivity contribution is 5.95. The van der Waals surface area contributed by atoms with Crippen LogP contribution in [0.15, 0.2) is 47.6 Å². The Hall–Kier alpha value is -3.16. The summed E-state index contributed by atoms with van der Waals surface area (Å²) < 4.78 is 39.3. The second kappa shape index (κ2) is 9.51. The summed E-state index contributed by atoms with van der Waals surface area (Å²) in [6.07, 6.45) is 1.36. The van der Waals surface area contributed by atoms with Gasteiger partial charge in [-0.15, -0.1) is 0 Å². The molecule has 2 rings (SSSR count). The van der Waals surface area contributed by atoms with Gasteiger partial charge in [0.2, 0.25) is 0 Å². The van der Waals surface area contributed by atoms with E-state index in [0.717, 1.165) is 0 Å². The van der Waals surface area contributed by atoms with Gasteiger partial charge in [-0.25, -0.2) is 5.43 Å². The molecule has 6 nitrogen and oxygen atoms in total. The van der Waals surface area contributed by atoms with Crippen molar-refractivity contribution in [3.8, 4) is 17.2 Å². The Morgan fingerprint density at radius 1 is 1.07 bits per heavy atom. The Bertz CT molecular complexity index is 793. The molecule has 2 aromatic rings. The lowest BCUT2D eigenvalue weighted by atomic mass is 10.2. The average Bonchev–Trinajstić information content (AvgIpc) is 2.62. The summed E-state index contributed by atoms with van der Waals surface area (Å²) in [4.78, 5) is 12.2. The van der Waals surface area contributed by atoms with E-state index in [4.69, 9.17) is 9.47 Å². The molecule has 0 heterocycles. The third kappa shape index (κ3) is 6.25. The zero-order valence-electron chi connectivity index (χ0n) is 15.1. The van der Waals surface area contributed by atoms with Crippen molar-refractivity contribution < 1.29 is 27.8 Å². The highest BCUT2D eigenvalue weighted by atomic mass is 19.3. The summed E-state index contributed by atoms with van der Waals surface area (Å²) in [6.45, 7) is 0.903. The first-order valence-corrected chi connectivity index (χ1v) is 8.12. The Balaban J connectivity index is 1.99. The highest BCUT2D eigenvalue weighted by Gasteiger charge is 2.11. The molecule has 8 heteroatoms. The summed E-state index contributed by atoms with van der Waals surface area (Å²) in [6, 6.07) is 10.6. The van der Waals surface area contributed by atoms with Crippen molar-refractivity contribution in [2.24, 2.45) is 5.10 Å². The smallest absolute Gasteiger partial charge is 0.387 e. The van der Waals surface area contributed by atoms with E-state index in [1.807, 2.05) is 13.8 Å². The molecule has 0 aliphatic carbocycles. The molecule has 0 aromatic heterocycles. The number of carbonyl (C=O) groups excluding carboxylic acids is 1. The van der Waals surface area contributed by atoms with Gasteiger partial charge >= 0.3 is 6.61 Å². The minimum Gasteiger partial charge on any atom is -0.493 e. The fraction of sp³-hybridized carbons (Fsp3) is 0.263. The molecule has 0 fully saturated rings. The van der Waals surface area contributed by atoms with Crippen LogP contribution in [0, 0.1) is 0 Å². The van der Waals surface area contributed by atoms with Crippen LogP contribution in [0.5, 0.6) is 17.2 Å². The maximum Gasteiger partial charge on any atom is 0.387 e. The Morgan fingerprint density at radius 3 is 2.37 bits per heavy atom. The summed E-state index contributed by atoms with van der Waals surface area (Å²) in [5, 5.41) is 3.85. The van der Waals surface area contributed by atoms with Crippen LogP contribution >= 0.6 is 0 Å². The number of hydrogen-bond donors (Lipinski definition) is 1. The Morgan fingerprint density at radius 2 is 1.78 bits per heavy atom. The summed E-state index contributed by atoms with van der Waals surface area (Å²) in [7, 11) is 1.49. The van der Waals surface area contributed by atoms with Crippen molar-refractivity contribution in [3.05, 3.63) is 53.6 Å². The van der Waals surface area contributed by atoms with Crippen molar-refractivity contribution in [1.29, 1.82) is 0 Å². The number of hydrogen-bond acceptors (Lipinski definition) is 5. The van der Waals surface area contributed by atoms with Gasteiger partial charge in [0.25, 0.3) is 5.91 Å². The van der Waals surface area contributed by atoms with Gasteiger partial charge < -0.3 is 14.2 Å². The molecule has 144 valence electrons. The van der Waals surface area contributed by atoms with Gasteiger partial charge in [0.15, 0.2) is 11.5 Å². The van der Waals surface area contributed by atoms with Crippen molar-refractivity contribution in [3.63, 3.8) is 0 Å². The Kier molecular flexibility index (Phi) is 7.10. The number of rotatable bonds is 8. The predicted molar refractivity (Wildman–Crippen MR) is 96.9 cm³/mol. The maximum absolute atomic E-state index is 12.2. The molecular weight excluding hydrogens is 358 g/mol. The predicted octanol–water partition coefficient (Wildman–Crippen LogP) is 3.85. The van der Waals surface area contributed by atoms with Gasteiger partial charge in [-0.2, -0.15) is 13.9 Å². The number of alkyl halides is 2. The maximum atomic E-state index is 12.2. The lowest BCUT2D eigenvalue weighted by molar-refractivity contribution is -0.0498. The van der Waals surface area contributed by atoms with Crippen molar-refractivity contribution in [2.75, 3.05) is 7.11 Å². The molecule has 0 saturated heterocycles. The lowest BCUT2D eigenvalue weighted by Crippen LogP contribution is -2.18. The minimum absolute atomic E-state index is 0.0272. The van der Waals surface area contributed by atoms with Crippen molar-refractivity contribution in [1.82, 2.24) is 5.43 Å². The molecule has 0 radical (unpaired) electrons. The molecule has 0 unspecified atom stereocenters. The first kappa shape index (κ1) is 20.2. The molecule has 0 saturated carbocycles. The molecule has 1 N–H and O–H groups in total. The molecule has 2 aromatic carbocycles. The molecular formula is C19H20F2N2O4. The number of methoxy groups -OCH3 is 1. The van der Waals surface area contributed by atoms with E-state index >= 15 is 0 Å². The van der Waals surface area contributed by atoms with E-state index in [2.05, 4.69) is 15.3 Å². The molecule has 0 aliphatic rings. The van der Waals surface area contributed by atoms with Crippen LogP contribution in [-0.2, 0) is 0 Å². The van der Waals surface area contributed by atoms with E-state index in [0.29, 0.717) is 22.6 Å². The van der Waals surface area contributed by atoms with Crippen LogP contribution in [0.25, 0.3) is 0 Å². The van der Waals surface area contributed by atoms with Crippen LogP contribution < -0.4 is 19.6 Å². The third-order valence-electron chi connectivity index (χ3n) is 3.27. The SMILES string of the molecule is COc1cc(C(=O)N/N=C\c2ccc(OC(F)F)cc2)ccc1OC(C)C. The van der Waals surface area contributed by atoms with E-state index in [-0.39, 0.29) is 11.9 Å². The summed E-state index contributed by atoms with van der Waals surface area (Å²) in [5.74, 6) is 0.592. The summed E-state index contributed by atoms with van der Waals surface area (Å²) >= 11 is 0. The van der Waals surface area contributed by atoms with Crippen molar-refractivity contribution >= 4 is 12.1 Å². The molecule has 0 bridgehead atoms. The topological polar surface area (TPSA) is 69.2 Å². The van der Waals surface area contributed by atoms with E-state index in [1.54, 1.807) is 18.2 Å². The second-order valence-electron chi connectivity index (χ2n) is 5.68. The van der Waals surface area contributed by atoms with E-state index < -0.39 is 12.5 Å². The quantitative estimate of drug-likeness (QED) is 0.560. The van der Waals surface area contributed by atoms with Crippen LogP contribution in [0.1, 0.15) is 29.8 Å². The van der Waals surface area contributed by atoms with Crippen molar-refractivity contribution in [2.45, 2.75) is 26.6 Å². The standard InChI is InChI=1S/C19H20F2N2O4/c1-12(2)26-16-9-6-14(10-17(16)25-3)18(24)23-22-11-13-4-7-15(8-5-13)27-19(20)21/h4-12,19H,1-3H3,(H,23,24)/b22-11-. The second-order valence-corrected chi connectivity index (χ2v) is 5.68. The first-order chi connectivity index (χ1) is 12.9. The molecule has 0 aliphatic heterocycles. The van der Waals surface area contributed by atoms with Gasteiger partial charge in [-0.3, -0.25) is 4.79 Å². The van der Waals surface area contributed by atoms with Gasteiger partial charge in [-0.05, 0) is 61.9 Å². The monoisotopic (exact) mass is 378 g/mol. The van der Waals surface area contributed by atoms with Crippen LogP contribution in [0.2, 0.25) is 0 Å². The molecule has 1 amide bonds. The Labute approximate surface area is 155 Å². The zero-order valence-corrected chi connectivity index (χ0v) is 15.1. The largest absolute Gasteiger partial charge is 0.493 e. The van der Waals surface area contributed by atoms with Crippen LogP contribution in [0.3, 0.4) is 0 Å². The summed E-state index contributed by atoms with van der Waals surface area (Å²) in [5.41, 5.74) is 3.34. The number of nitrogens with zero attached hydrogens (tertiary/aromatic N) is 1. The lowest BCUT2D eigenvalue weighted by Gasteiger charge is -2.14. The first-order valence-electron chi connectivity index (χ1n) is 8.12. The number of ether oxygens (including phenoxy) is 3. The number of amides is 1. The van der Waals surface area contributed by atoms with Gasteiger partial charge in [0.05, 0.1) is 19.4 Å². The van der Waals surface area contributed by atoms with Gasteiger partial charge in [0.1, 0.15) is 5.75 Å². The van der Waals surface area contributed by atoms with E-state index in [9.17, 15) is 13.6 Å². The minimum atomic E-state index is -2.88. The van der Waals surface area contributed by atoms with Crippen LogP contribution in [0.4, 0.5) is 8.78 Å². The number of benzene rings is 2. The van der Waals surface area contributed by atoms with Gasteiger partial charge in [0, 0.05) is 5.56 Å². The van der Waals surface area contributed by atoms with Gasteiger partial charge in [-0.1, -0.05) is 0 Å². The number of hydrazone groups is 1. The molecule has 0 spiro atoms. The number of nitrogens with one attached hydrogen (secondary N) is 1. The fourth-order valence-corrected chi connectivity index (χ4v) is 2.13. The average molecular weight is 378 g/mol. The number of halogens is 2. The normalized spacial score (nSPS) is 11.1. The third-order valence-corrected chi connectivity index (χ3v) is 3.27. The fourth-order valence-electron chi connectivity index (χ4n) is 2.13. The molecule has 0 atom stereocenters. The van der Waals surface area contributed by atoms with E-state index in [1.165, 1.54) is 37.6 Å².